The Morgan fingerprint density at radius 1 is 0.949 bits per heavy atom. The van der Waals surface area contributed by atoms with Crippen molar-refractivity contribution in [2.75, 3.05) is 19.5 Å². The summed E-state index contributed by atoms with van der Waals surface area (Å²) in [4.78, 5) is 34.4. The Hall–Kier alpha value is -4.24. The summed E-state index contributed by atoms with van der Waals surface area (Å²) in [5.41, 5.74) is 4.31. The van der Waals surface area contributed by atoms with Crippen molar-refractivity contribution >= 4 is 40.1 Å². The van der Waals surface area contributed by atoms with Crippen molar-refractivity contribution in [2.24, 2.45) is 5.10 Å². The topological polar surface area (TPSA) is 94.0 Å². The van der Waals surface area contributed by atoms with Crippen molar-refractivity contribution in [1.29, 1.82) is 0 Å². The molecular weight excluding hydrogens is 512 g/mol. The average Bonchev–Trinajstić information content (AvgIpc) is 3.40. The molecule has 198 valence electrons. The first-order valence-corrected chi connectivity index (χ1v) is 13.5. The Morgan fingerprint density at radius 3 is 2.38 bits per heavy atom. The number of hydrazone groups is 1. The van der Waals surface area contributed by atoms with Gasteiger partial charge in [-0.2, -0.15) is 5.10 Å². The van der Waals surface area contributed by atoms with E-state index in [1.54, 1.807) is 7.11 Å². The Bertz CT molecular complexity index is 1530. The van der Waals surface area contributed by atoms with Gasteiger partial charge in [-0.1, -0.05) is 60.3 Å². The van der Waals surface area contributed by atoms with Crippen molar-refractivity contribution in [3.8, 4) is 5.75 Å². The molecule has 2 heterocycles. The van der Waals surface area contributed by atoms with Gasteiger partial charge in [0.1, 0.15) is 5.75 Å². The Labute approximate surface area is 231 Å². The van der Waals surface area contributed by atoms with Crippen LogP contribution in [0.4, 0.5) is 0 Å². The van der Waals surface area contributed by atoms with E-state index in [0.29, 0.717) is 11.6 Å². The van der Waals surface area contributed by atoms with Crippen molar-refractivity contribution in [2.45, 2.75) is 31.5 Å². The number of carbonyl (C=O) groups is 2. The molecule has 1 aliphatic heterocycles. The third kappa shape index (κ3) is 6.26. The number of hydrogen-bond acceptors (Lipinski definition) is 8. The number of amides is 1. The van der Waals surface area contributed by atoms with Gasteiger partial charge in [-0.15, -0.1) is 0 Å². The number of aryl methyl sites for hydroxylation is 2. The minimum atomic E-state index is -0.518. The molecule has 0 unspecified atom stereocenters. The van der Waals surface area contributed by atoms with Gasteiger partial charge in [-0.3, -0.25) is 9.59 Å². The van der Waals surface area contributed by atoms with Gasteiger partial charge in [0.05, 0.1) is 24.6 Å². The van der Waals surface area contributed by atoms with Crippen LogP contribution in [0.5, 0.6) is 5.75 Å². The summed E-state index contributed by atoms with van der Waals surface area (Å²) in [6.45, 7) is 3.34. The zero-order valence-corrected chi connectivity index (χ0v) is 22.8. The summed E-state index contributed by atoms with van der Waals surface area (Å²) in [6.07, 6.45) is 0.532. The first-order valence-electron chi connectivity index (χ1n) is 12.5. The summed E-state index contributed by atoms with van der Waals surface area (Å²) < 4.78 is 10.6. The standard InChI is InChI=1S/C30H28N4O4S/c1-19-14-20(2)32-30(31-19)39-18-29(36)38-17-28(35)34-27(22-10-12-25(37-3)13-11-22)16-26(33-34)24-9-8-21-6-4-5-7-23(21)15-24/h4-15,27H,16-18H2,1-3H3/t27-/m1/s1. The molecule has 1 atom stereocenters. The van der Waals surface area contributed by atoms with Gasteiger partial charge >= 0.3 is 5.97 Å². The lowest BCUT2D eigenvalue weighted by atomic mass is 9.97. The summed E-state index contributed by atoms with van der Waals surface area (Å²) in [7, 11) is 1.61. The Morgan fingerprint density at radius 2 is 1.67 bits per heavy atom. The molecule has 0 fully saturated rings. The van der Waals surface area contributed by atoms with Crippen LogP contribution in [0, 0.1) is 13.8 Å². The monoisotopic (exact) mass is 540 g/mol. The summed E-state index contributed by atoms with van der Waals surface area (Å²) in [6, 6.07) is 23.4. The van der Waals surface area contributed by atoms with Crippen LogP contribution in [0.2, 0.25) is 0 Å². The second kappa shape index (κ2) is 11.7. The number of carbonyl (C=O) groups excluding carboxylic acids is 2. The lowest BCUT2D eigenvalue weighted by Gasteiger charge is -2.22. The first-order chi connectivity index (χ1) is 18.9. The second-order valence-corrected chi connectivity index (χ2v) is 10.2. The van der Waals surface area contributed by atoms with Gasteiger partial charge in [0.2, 0.25) is 0 Å². The molecule has 0 saturated carbocycles. The van der Waals surface area contributed by atoms with Crippen LogP contribution in [-0.2, 0) is 14.3 Å². The maximum atomic E-state index is 13.3. The zero-order valence-electron chi connectivity index (χ0n) is 22.0. The van der Waals surface area contributed by atoms with Crippen LogP contribution in [0.3, 0.4) is 0 Å². The largest absolute Gasteiger partial charge is 0.497 e. The highest BCUT2D eigenvalue weighted by Gasteiger charge is 2.33. The molecule has 1 amide bonds. The van der Waals surface area contributed by atoms with E-state index in [2.05, 4.69) is 34.2 Å². The molecule has 1 aliphatic rings. The van der Waals surface area contributed by atoms with Gasteiger partial charge in [0.25, 0.3) is 5.91 Å². The van der Waals surface area contributed by atoms with E-state index in [-0.39, 0.29) is 11.8 Å². The molecule has 0 radical (unpaired) electrons. The van der Waals surface area contributed by atoms with Crippen molar-refractivity contribution < 1.29 is 19.1 Å². The number of fused-ring (bicyclic) bond motifs is 1. The molecule has 9 heteroatoms. The minimum absolute atomic E-state index is 0.00366. The van der Waals surface area contributed by atoms with Crippen LogP contribution in [0.1, 0.15) is 35.0 Å². The molecule has 0 bridgehead atoms. The Balaban J connectivity index is 1.31. The van der Waals surface area contributed by atoms with Gasteiger partial charge < -0.3 is 9.47 Å². The third-order valence-electron chi connectivity index (χ3n) is 6.39. The second-order valence-electron chi connectivity index (χ2n) is 9.22. The number of aromatic nitrogens is 2. The fourth-order valence-corrected chi connectivity index (χ4v) is 5.25. The molecule has 1 aromatic heterocycles. The molecule has 39 heavy (non-hydrogen) atoms. The minimum Gasteiger partial charge on any atom is -0.497 e. The van der Waals surface area contributed by atoms with E-state index in [1.807, 2.05) is 62.4 Å². The van der Waals surface area contributed by atoms with Crippen LogP contribution >= 0.6 is 11.8 Å². The van der Waals surface area contributed by atoms with Crippen LogP contribution in [0.15, 0.2) is 83.1 Å². The predicted molar refractivity (Wildman–Crippen MR) is 151 cm³/mol. The number of rotatable bonds is 8. The molecular formula is C30H28N4O4S. The summed E-state index contributed by atoms with van der Waals surface area (Å²) in [5, 5.41) is 8.87. The normalized spacial score (nSPS) is 14.8. The van der Waals surface area contributed by atoms with E-state index in [1.165, 1.54) is 16.8 Å². The number of thioether (sulfide) groups is 1. The highest BCUT2D eigenvalue weighted by Crippen LogP contribution is 2.34. The molecule has 0 spiro atoms. The SMILES string of the molecule is COc1ccc([C@H]2CC(c3ccc4ccccc4c3)=NN2C(=O)COC(=O)CSc2nc(C)cc(C)n2)cc1. The van der Waals surface area contributed by atoms with Crippen molar-refractivity contribution in [1.82, 2.24) is 15.0 Å². The predicted octanol–water partition coefficient (Wildman–Crippen LogP) is 5.27. The van der Waals surface area contributed by atoms with E-state index in [4.69, 9.17) is 14.6 Å². The summed E-state index contributed by atoms with van der Waals surface area (Å²) >= 11 is 1.18. The fourth-order valence-electron chi connectivity index (χ4n) is 4.50. The van der Waals surface area contributed by atoms with Gasteiger partial charge in [0.15, 0.2) is 11.8 Å². The lowest BCUT2D eigenvalue weighted by Crippen LogP contribution is -2.31. The number of ether oxygens (including phenoxy) is 2. The van der Waals surface area contributed by atoms with E-state index in [0.717, 1.165) is 44.7 Å². The number of methoxy groups -OCH3 is 1. The van der Waals surface area contributed by atoms with Gasteiger partial charge in [-0.05, 0) is 60.0 Å². The molecule has 3 aromatic carbocycles. The number of nitrogens with zero attached hydrogens (tertiary/aromatic N) is 4. The highest BCUT2D eigenvalue weighted by atomic mass is 32.2. The summed E-state index contributed by atoms with van der Waals surface area (Å²) in [5.74, 6) is -0.184. The highest BCUT2D eigenvalue weighted by molar-refractivity contribution is 7.99. The third-order valence-corrected chi connectivity index (χ3v) is 7.21. The molecule has 0 N–H and O–H groups in total. The van der Waals surface area contributed by atoms with Crippen LogP contribution < -0.4 is 4.74 Å². The van der Waals surface area contributed by atoms with Crippen LogP contribution in [0.25, 0.3) is 10.8 Å². The lowest BCUT2D eigenvalue weighted by molar-refractivity contribution is -0.150. The maximum Gasteiger partial charge on any atom is 0.316 e. The number of hydrogen-bond donors (Lipinski definition) is 0. The molecule has 0 saturated heterocycles. The molecule has 8 nitrogen and oxygen atoms in total. The van der Waals surface area contributed by atoms with E-state index < -0.39 is 18.5 Å². The fraction of sp³-hybridized carbons (Fsp3) is 0.233. The Kier molecular flexibility index (Phi) is 7.88. The van der Waals surface area contributed by atoms with Gasteiger partial charge in [0, 0.05) is 17.8 Å². The maximum absolute atomic E-state index is 13.3. The van der Waals surface area contributed by atoms with E-state index in [9.17, 15) is 9.59 Å². The number of benzene rings is 3. The zero-order chi connectivity index (χ0) is 27.4. The molecule has 5 rings (SSSR count). The van der Waals surface area contributed by atoms with E-state index >= 15 is 0 Å². The van der Waals surface area contributed by atoms with Crippen molar-refractivity contribution in [3.63, 3.8) is 0 Å². The quantitative estimate of drug-likeness (QED) is 0.171. The smallest absolute Gasteiger partial charge is 0.316 e. The van der Waals surface area contributed by atoms with Crippen molar-refractivity contribution in [3.05, 3.63) is 95.3 Å². The molecule has 4 aromatic rings. The van der Waals surface area contributed by atoms with Crippen LogP contribution in [-0.4, -0.2) is 52.0 Å². The first kappa shape index (κ1) is 26.4. The number of esters is 1. The van der Waals surface area contributed by atoms with Gasteiger partial charge in [-0.25, -0.2) is 15.0 Å². The average molecular weight is 541 g/mol. The molecule has 0 aliphatic carbocycles.